The van der Waals surface area contributed by atoms with E-state index in [1.807, 2.05) is 65.2 Å². The van der Waals surface area contributed by atoms with Crippen molar-refractivity contribution in [2.75, 3.05) is 70.8 Å². The lowest BCUT2D eigenvalue weighted by atomic mass is 9.94. The average Bonchev–Trinajstić information content (AvgIpc) is 3.81. The third-order valence-corrected chi connectivity index (χ3v) is 10.6. The lowest BCUT2D eigenvalue weighted by Crippen LogP contribution is -2.44. The minimum atomic E-state index is -0.216. The number of ether oxygens (including phenoxy) is 1. The molecule has 2 fully saturated rings. The standard InChI is InChI=1S/C39H54N8O4/c1-26(2)47-36-27(3)22-46(24-34(36)35(42-47)37(48)40-21-28-7-11-31(12-8-28)41-39(50)43(4)5)32-13-9-30(10-14-32)38(49)44(6)23-29-15-18-45(19-16-29)33-17-20-51-25-33/h7-14,26-27,29,33H,15-25H2,1-6H3,(H,40,48)(H,41,50)/t27-,33-/m0/s1. The summed E-state index contributed by atoms with van der Waals surface area (Å²) in [4.78, 5) is 47.2. The molecule has 6 rings (SSSR count). The number of carbonyl (C=O) groups is 3. The molecule has 2 saturated heterocycles. The molecule has 0 radical (unpaired) electrons. The van der Waals surface area contributed by atoms with Crippen LogP contribution < -0.4 is 15.5 Å². The summed E-state index contributed by atoms with van der Waals surface area (Å²) in [5, 5.41) is 10.7. The highest BCUT2D eigenvalue weighted by molar-refractivity contribution is 5.95. The summed E-state index contributed by atoms with van der Waals surface area (Å²) in [6.45, 7) is 12.7. The van der Waals surface area contributed by atoms with Gasteiger partial charge in [-0.1, -0.05) is 19.1 Å². The van der Waals surface area contributed by atoms with Crippen molar-refractivity contribution in [2.45, 2.75) is 71.1 Å². The third-order valence-electron chi connectivity index (χ3n) is 10.6. The molecule has 3 aliphatic heterocycles. The molecule has 0 saturated carbocycles. The molecule has 0 spiro atoms. The van der Waals surface area contributed by atoms with Gasteiger partial charge in [-0.25, -0.2) is 4.79 Å². The van der Waals surface area contributed by atoms with Gasteiger partial charge in [0.15, 0.2) is 5.69 Å². The number of benzene rings is 2. The number of urea groups is 1. The van der Waals surface area contributed by atoms with E-state index in [1.165, 1.54) is 4.90 Å². The van der Waals surface area contributed by atoms with Crippen LogP contribution in [0.2, 0.25) is 0 Å². The Bertz CT molecular complexity index is 1670. The van der Waals surface area contributed by atoms with Crippen molar-refractivity contribution < 1.29 is 19.1 Å². The quantitative estimate of drug-likeness (QED) is 0.300. The van der Waals surface area contributed by atoms with Gasteiger partial charge < -0.3 is 30.1 Å². The van der Waals surface area contributed by atoms with Crippen molar-refractivity contribution in [1.29, 1.82) is 0 Å². The van der Waals surface area contributed by atoms with E-state index in [2.05, 4.69) is 41.2 Å². The Balaban J connectivity index is 1.08. The summed E-state index contributed by atoms with van der Waals surface area (Å²) in [6.07, 6.45) is 3.36. The Hall–Kier alpha value is -4.42. The molecule has 2 aromatic carbocycles. The summed E-state index contributed by atoms with van der Waals surface area (Å²) in [5.41, 5.74) is 5.79. The van der Waals surface area contributed by atoms with E-state index in [0.717, 1.165) is 81.2 Å². The van der Waals surface area contributed by atoms with Gasteiger partial charge in [0.25, 0.3) is 11.8 Å². The van der Waals surface area contributed by atoms with E-state index >= 15 is 0 Å². The molecule has 12 nitrogen and oxygen atoms in total. The van der Waals surface area contributed by atoms with Gasteiger partial charge in [-0.3, -0.25) is 19.2 Å². The second kappa shape index (κ2) is 15.9. The summed E-state index contributed by atoms with van der Waals surface area (Å²) in [6, 6.07) is 15.8. The number of carbonyl (C=O) groups excluding carboxylic acids is 3. The number of likely N-dealkylation sites (tertiary alicyclic amines) is 1. The van der Waals surface area contributed by atoms with Crippen molar-refractivity contribution >= 4 is 29.2 Å². The topological polar surface area (TPSA) is 115 Å². The Morgan fingerprint density at radius 1 is 0.980 bits per heavy atom. The molecular formula is C39H54N8O4. The molecule has 3 aliphatic rings. The molecule has 274 valence electrons. The molecule has 4 heterocycles. The van der Waals surface area contributed by atoms with Crippen LogP contribution >= 0.6 is 0 Å². The van der Waals surface area contributed by atoms with Crippen LogP contribution in [0.1, 0.15) is 89.7 Å². The number of hydrogen-bond acceptors (Lipinski definition) is 7. The van der Waals surface area contributed by atoms with Crippen LogP contribution in [0.5, 0.6) is 0 Å². The van der Waals surface area contributed by atoms with Crippen LogP contribution in [0, 0.1) is 5.92 Å². The third kappa shape index (κ3) is 8.39. The molecular weight excluding hydrogens is 644 g/mol. The highest BCUT2D eigenvalue weighted by Crippen LogP contribution is 2.35. The molecule has 12 heteroatoms. The normalized spacial score (nSPS) is 19.5. The van der Waals surface area contributed by atoms with Gasteiger partial charge >= 0.3 is 6.03 Å². The first-order chi connectivity index (χ1) is 24.5. The summed E-state index contributed by atoms with van der Waals surface area (Å²) >= 11 is 0. The SMILES string of the molecule is CC(C)n1nc(C(=O)NCc2ccc(NC(=O)N(C)C)cc2)c2c1[C@@H](C)CN(c1ccc(C(=O)N(C)CC3CCN([C@H]4CCOC4)CC3)cc1)C2. The van der Waals surface area contributed by atoms with E-state index in [1.54, 1.807) is 14.1 Å². The van der Waals surface area contributed by atoms with Gasteiger partial charge in [-0.15, -0.1) is 0 Å². The van der Waals surface area contributed by atoms with E-state index in [9.17, 15) is 14.4 Å². The molecule has 4 amide bonds. The number of nitrogens with one attached hydrogen (secondary N) is 2. The maximum absolute atomic E-state index is 13.6. The lowest BCUT2D eigenvalue weighted by Gasteiger charge is -2.36. The van der Waals surface area contributed by atoms with Gasteiger partial charge in [-0.2, -0.15) is 5.10 Å². The fraction of sp³-hybridized carbons (Fsp3) is 0.538. The number of hydrogen-bond donors (Lipinski definition) is 2. The van der Waals surface area contributed by atoms with E-state index in [0.29, 0.717) is 42.0 Å². The van der Waals surface area contributed by atoms with E-state index in [4.69, 9.17) is 9.84 Å². The summed E-state index contributed by atoms with van der Waals surface area (Å²) in [5.74, 6) is 0.497. The van der Waals surface area contributed by atoms with Crippen molar-refractivity contribution in [3.63, 3.8) is 0 Å². The predicted molar refractivity (Wildman–Crippen MR) is 199 cm³/mol. The molecule has 2 N–H and O–H groups in total. The Kier molecular flexibility index (Phi) is 11.3. The Morgan fingerprint density at radius 3 is 2.31 bits per heavy atom. The van der Waals surface area contributed by atoms with Crippen LogP contribution in [0.3, 0.4) is 0 Å². The van der Waals surface area contributed by atoms with Crippen molar-refractivity contribution in [3.8, 4) is 0 Å². The highest BCUT2D eigenvalue weighted by Gasteiger charge is 2.33. The van der Waals surface area contributed by atoms with Gasteiger partial charge in [0, 0.05) is 100 Å². The number of aromatic nitrogens is 2. The fourth-order valence-corrected chi connectivity index (χ4v) is 7.63. The molecule has 1 aromatic heterocycles. The van der Waals surface area contributed by atoms with Crippen molar-refractivity contribution in [3.05, 3.63) is 76.6 Å². The van der Waals surface area contributed by atoms with Gasteiger partial charge in [-0.05, 0) is 94.1 Å². The zero-order chi connectivity index (χ0) is 36.2. The highest BCUT2D eigenvalue weighted by atomic mass is 16.5. The minimum absolute atomic E-state index is 0.0487. The summed E-state index contributed by atoms with van der Waals surface area (Å²) in [7, 11) is 5.30. The Morgan fingerprint density at radius 2 is 1.69 bits per heavy atom. The first-order valence-electron chi connectivity index (χ1n) is 18.4. The van der Waals surface area contributed by atoms with Crippen LogP contribution in [0.4, 0.5) is 16.2 Å². The zero-order valence-electron chi connectivity index (χ0n) is 31.0. The van der Waals surface area contributed by atoms with Crippen molar-refractivity contribution in [1.82, 2.24) is 29.8 Å². The fourth-order valence-electron chi connectivity index (χ4n) is 7.63. The lowest BCUT2D eigenvalue weighted by molar-refractivity contribution is 0.0704. The molecule has 0 unspecified atom stereocenters. The summed E-state index contributed by atoms with van der Waals surface area (Å²) < 4.78 is 7.58. The predicted octanol–water partition coefficient (Wildman–Crippen LogP) is 5.18. The van der Waals surface area contributed by atoms with Crippen LogP contribution in [0.25, 0.3) is 0 Å². The molecule has 0 bridgehead atoms. The Labute approximate surface area is 302 Å². The van der Waals surface area contributed by atoms with Crippen LogP contribution in [-0.4, -0.2) is 109 Å². The maximum Gasteiger partial charge on any atom is 0.321 e. The second-order valence-electron chi connectivity index (χ2n) is 15.0. The van der Waals surface area contributed by atoms with Gasteiger partial charge in [0.1, 0.15) is 0 Å². The number of piperidine rings is 1. The average molecular weight is 699 g/mol. The number of rotatable bonds is 10. The second-order valence-corrected chi connectivity index (χ2v) is 15.0. The van der Waals surface area contributed by atoms with Crippen LogP contribution in [0.15, 0.2) is 48.5 Å². The van der Waals surface area contributed by atoms with Gasteiger partial charge in [0.05, 0.1) is 6.61 Å². The minimum Gasteiger partial charge on any atom is -0.380 e. The maximum atomic E-state index is 13.6. The molecule has 3 aromatic rings. The number of nitrogens with zero attached hydrogens (tertiary/aromatic N) is 6. The van der Waals surface area contributed by atoms with Crippen LogP contribution in [-0.2, 0) is 17.8 Å². The smallest absolute Gasteiger partial charge is 0.321 e. The first-order valence-corrected chi connectivity index (χ1v) is 18.4. The number of fused-ring (bicyclic) bond motifs is 1. The largest absolute Gasteiger partial charge is 0.380 e. The molecule has 51 heavy (non-hydrogen) atoms. The monoisotopic (exact) mass is 698 g/mol. The number of anilines is 2. The van der Waals surface area contributed by atoms with Crippen molar-refractivity contribution in [2.24, 2.45) is 5.92 Å². The first kappa shape index (κ1) is 36.4. The zero-order valence-corrected chi connectivity index (χ0v) is 31.0. The molecule has 0 aliphatic carbocycles. The van der Waals surface area contributed by atoms with E-state index < -0.39 is 0 Å². The van der Waals surface area contributed by atoms with Gasteiger partial charge in [0.2, 0.25) is 0 Å². The van der Waals surface area contributed by atoms with E-state index in [-0.39, 0.29) is 29.8 Å². The number of amides is 4. The molecule has 2 atom stereocenters.